The molecule has 1 fully saturated rings. The molecular weight excluding hydrogens is 460 g/mol. The third kappa shape index (κ3) is 3.98. The average Bonchev–Trinajstić information content (AvgIpc) is 3.48. The molecule has 4 aromatic rings. The SMILES string of the molecule is CC(=O)Nc1cc2c(-c3cc(OCc4ccncn4)c4c(n3)C3(CCOC3)OCC4)cn(C)c2cn1. The van der Waals surface area contributed by atoms with Crippen molar-refractivity contribution in [3.05, 3.63) is 60.1 Å². The van der Waals surface area contributed by atoms with Crippen molar-refractivity contribution in [1.29, 1.82) is 0 Å². The lowest BCUT2D eigenvalue weighted by molar-refractivity contribution is -0.114. The molecule has 6 rings (SSSR count). The van der Waals surface area contributed by atoms with Crippen molar-refractivity contribution in [2.24, 2.45) is 7.05 Å². The Morgan fingerprint density at radius 1 is 1.28 bits per heavy atom. The predicted molar refractivity (Wildman–Crippen MR) is 131 cm³/mol. The second-order valence-corrected chi connectivity index (χ2v) is 9.14. The van der Waals surface area contributed by atoms with Crippen LogP contribution in [-0.2, 0) is 39.9 Å². The minimum absolute atomic E-state index is 0.174. The van der Waals surface area contributed by atoms with Gasteiger partial charge in [-0.2, -0.15) is 0 Å². The summed E-state index contributed by atoms with van der Waals surface area (Å²) in [6.45, 7) is 3.46. The monoisotopic (exact) mass is 486 g/mol. The summed E-state index contributed by atoms with van der Waals surface area (Å²) in [5.74, 6) is 1.08. The van der Waals surface area contributed by atoms with Gasteiger partial charge in [0.1, 0.15) is 30.1 Å². The molecule has 184 valence electrons. The van der Waals surface area contributed by atoms with Crippen molar-refractivity contribution in [3.8, 4) is 17.0 Å². The van der Waals surface area contributed by atoms with Crippen LogP contribution in [0, 0.1) is 0 Å². The largest absolute Gasteiger partial charge is 0.487 e. The highest BCUT2D eigenvalue weighted by Crippen LogP contribution is 2.44. The number of anilines is 1. The second-order valence-electron chi connectivity index (χ2n) is 9.14. The number of nitrogens with one attached hydrogen (secondary N) is 1. The predicted octanol–water partition coefficient (Wildman–Crippen LogP) is 3.15. The molecule has 10 nitrogen and oxygen atoms in total. The summed E-state index contributed by atoms with van der Waals surface area (Å²) in [6.07, 6.45) is 8.44. The molecule has 4 aromatic heterocycles. The van der Waals surface area contributed by atoms with E-state index in [2.05, 4.69) is 20.3 Å². The molecule has 1 amide bonds. The first-order chi connectivity index (χ1) is 17.5. The number of nitrogens with zero attached hydrogens (tertiary/aromatic N) is 5. The van der Waals surface area contributed by atoms with Gasteiger partial charge in [-0.15, -0.1) is 0 Å². The summed E-state index contributed by atoms with van der Waals surface area (Å²) in [5.41, 5.74) is 4.73. The van der Waals surface area contributed by atoms with Gasteiger partial charge in [0.2, 0.25) is 5.91 Å². The fourth-order valence-corrected chi connectivity index (χ4v) is 4.98. The van der Waals surface area contributed by atoms with E-state index in [0.29, 0.717) is 38.7 Å². The summed E-state index contributed by atoms with van der Waals surface area (Å²) < 4.78 is 20.4. The minimum Gasteiger partial charge on any atom is -0.487 e. The van der Waals surface area contributed by atoms with Crippen molar-refractivity contribution < 1.29 is 19.0 Å². The van der Waals surface area contributed by atoms with Crippen LogP contribution in [0.4, 0.5) is 5.82 Å². The molecule has 1 atom stereocenters. The number of carbonyl (C=O) groups excluding carboxylic acids is 1. The van der Waals surface area contributed by atoms with E-state index < -0.39 is 5.60 Å². The summed E-state index contributed by atoms with van der Waals surface area (Å²) in [4.78, 5) is 29.4. The molecule has 2 aliphatic rings. The van der Waals surface area contributed by atoms with Crippen molar-refractivity contribution >= 4 is 22.6 Å². The molecule has 0 radical (unpaired) electrons. The van der Waals surface area contributed by atoms with Crippen LogP contribution in [0.1, 0.15) is 30.3 Å². The first-order valence-corrected chi connectivity index (χ1v) is 11.9. The molecule has 1 unspecified atom stereocenters. The fourth-order valence-electron chi connectivity index (χ4n) is 4.98. The number of ether oxygens (including phenoxy) is 3. The van der Waals surface area contributed by atoms with E-state index in [9.17, 15) is 4.79 Å². The van der Waals surface area contributed by atoms with E-state index in [1.807, 2.05) is 36.0 Å². The molecule has 0 aliphatic carbocycles. The number of fused-ring (bicyclic) bond motifs is 3. The molecular formula is C26H26N6O4. The lowest BCUT2D eigenvalue weighted by Crippen LogP contribution is -2.37. The van der Waals surface area contributed by atoms with E-state index in [4.69, 9.17) is 19.2 Å². The molecule has 1 saturated heterocycles. The summed E-state index contributed by atoms with van der Waals surface area (Å²) in [5, 5.41) is 3.70. The zero-order valence-corrected chi connectivity index (χ0v) is 20.2. The maximum Gasteiger partial charge on any atom is 0.222 e. The van der Waals surface area contributed by atoms with Crippen LogP contribution in [0.15, 0.2) is 43.1 Å². The first-order valence-electron chi connectivity index (χ1n) is 11.9. The Balaban J connectivity index is 1.50. The standard InChI is InChI=1S/C26H26N6O4/c1-16(33)30-24-9-19-20(12-32(2)22(19)11-28-24)21-10-23(35-13-17-3-6-27-15-29-17)18-4-7-36-26(25(18)31-21)5-8-34-14-26/h3,6,9-12,15H,4-5,7-8,13-14H2,1-2H3,(H,28,30,33). The number of pyridine rings is 2. The van der Waals surface area contributed by atoms with Gasteiger partial charge in [-0.3, -0.25) is 4.79 Å². The molecule has 1 N–H and O–H groups in total. The highest BCUT2D eigenvalue weighted by molar-refractivity contribution is 5.98. The van der Waals surface area contributed by atoms with Crippen LogP contribution in [-0.4, -0.2) is 50.2 Å². The van der Waals surface area contributed by atoms with Crippen LogP contribution in [0.2, 0.25) is 0 Å². The van der Waals surface area contributed by atoms with Crippen LogP contribution in [0.5, 0.6) is 5.75 Å². The molecule has 6 heterocycles. The van der Waals surface area contributed by atoms with Gasteiger partial charge in [0.15, 0.2) is 0 Å². The van der Waals surface area contributed by atoms with Crippen LogP contribution < -0.4 is 10.1 Å². The lowest BCUT2D eigenvalue weighted by Gasteiger charge is -2.34. The number of aromatic nitrogens is 5. The van der Waals surface area contributed by atoms with E-state index in [-0.39, 0.29) is 5.91 Å². The number of rotatable bonds is 5. The quantitative estimate of drug-likeness (QED) is 0.458. The highest BCUT2D eigenvalue weighted by Gasteiger charge is 2.44. The van der Waals surface area contributed by atoms with Crippen molar-refractivity contribution in [2.45, 2.75) is 32.0 Å². The number of aryl methyl sites for hydroxylation is 1. The molecule has 0 bridgehead atoms. The minimum atomic E-state index is -0.579. The van der Waals surface area contributed by atoms with Crippen LogP contribution in [0.3, 0.4) is 0 Å². The number of hydrogen-bond acceptors (Lipinski definition) is 8. The van der Waals surface area contributed by atoms with E-state index >= 15 is 0 Å². The third-order valence-electron chi connectivity index (χ3n) is 6.71. The van der Waals surface area contributed by atoms with Gasteiger partial charge < -0.3 is 24.1 Å². The van der Waals surface area contributed by atoms with Gasteiger partial charge >= 0.3 is 0 Å². The topological polar surface area (TPSA) is 113 Å². The summed E-state index contributed by atoms with van der Waals surface area (Å²) in [6, 6.07) is 5.70. The molecule has 10 heteroatoms. The van der Waals surface area contributed by atoms with Gasteiger partial charge in [-0.05, 0) is 12.1 Å². The van der Waals surface area contributed by atoms with Gasteiger partial charge in [0, 0.05) is 68.4 Å². The van der Waals surface area contributed by atoms with Crippen molar-refractivity contribution in [3.63, 3.8) is 0 Å². The molecule has 0 saturated carbocycles. The number of carbonyl (C=O) groups is 1. The Labute approximate surface area is 207 Å². The van der Waals surface area contributed by atoms with Crippen molar-refractivity contribution in [2.75, 3.05) is 25.1 Å². The molecule has 1 spiro atoms. The van der Waals surface area contributed by atoms with Crippen LogP contribution >= 0.6 is 0 Å². The zero-order valence-electron chi connectivity index (χ0n) is 20.2. The second kappa shape index (κ2) is 8.96. The Hall–Kier alpha value is -3.89. The number of hydrogen-bond donors (Lipinski definition) is 1. The average molecular weight is 487 g/mol. The summed E-state index contributed by atoms with van der Waals surface area (Å²) >= 11 is 0. The zero-order chi connectivity index (χ0) is 24.7. The normalized spacial score (nSPS) is 18.9. The lowest BCUT2D eigenvalue weighted by atomic mass is 9.89. The molecule has 36 heavy (non-hydrogen) atoms. The van der Waals surface area contributed by atoms with Gasteiger partial charge in [0.25, 0.3) is 0 Å². The maximum atomic E-state index is 11.6. The van der Waals surface area contributed by atoms with Gasteiger partial charge in [0.05, 0.1) is 42.0 Å². The molecule has 0 aromatic carbocycles. The third-order valence-corrected chi connectivity index (χ3v) is 6.71. The molecule has 2 aliphatic heterocycles. The van der Waals surface area contributed by atoms with E-state index in [0.717, 1.165) is 51.3 Å². The van der Waals surface area contributed by atoms with Gasteiger partial charge in [-0.25, -0.2) is 19.9 Å². The highest BCUT2D eigenvalue weighted by atomic mass is 16.6. The maximum absolute atomic E-state index is 11.6. The summed E-state index contributed by atoms with van der Waals surface area (Å²) in [7, 11) is 1.96. The van der Waals surface area contributed by atoms with Crippen molar-refractivity contribution in [1.82, 2.24) is 24.5 Å². The van der Waals surface area contributed by atoms with E-state index in [1.54, 1.807) is 12.4 Å². The smallest absolute Gasteiger partial charge is 0.222 e. The Morgan fingerprint density at radius 3 is 2.97 bits per heavy atom. The van der Waals surface area contributed by atoms with E-state index in [1.165, 1.54) is 13.3 Å². The Bertz CT molecular complexity index is 1450. The Kier molecular flexibility index (Phi) is 5.62. The van der Waals surface area contributed by atoms with Gasteiger partial charge in [-0.1, -0.05) is 0 Å². The van der Waals surface area contributed by atoms with Crippen LogP contribution in [0.25, 0.3) is 22.2 Å². The Morgan fingerprint density at radius 2 is 2.19 bits per heavy atom. The fraction of sp³-hybridized carbons (Fsp3) is 0.346. The first kappa shape index (κ1) is 22.6. The number of amides is 1.